The van der Waals surface area contributed by atoms with Gasteiger partial charge in [-0.1, -0.05) is 0 Å². The van der Waals surface area contributed by atoms with E-state index < -0.39 is 43.1 Å². The van der Waals surface area contributed by atoms with Crippen molar-refractivity contribution >= 4 is 0 Å². The molecule has 106 valence electrons. The Hall–Kier alpha value is -1.25. The van der Waals surface area contributed by atoms with Gasteiger partial charge in [-0.2, -0.15) is 0 Å². The summed E-state index contributed by atoms with van der Waals surface area (Å²) in [5, 5.41) is 37.9. The van der Waals surface area contributed by atoms with Crippen LogP contribution in [0, 0.1) is 5.82 Å². The number of rotatable bonds is 3. The van der Waals surface area contributed by atoms with Gasteiger partial charge in [-0.15, -0.1) is 0 Å². The van der Waals surface area contributed by atoms with Crippen molar-refractivity contribution in [2.45, 2.75) is 30.7 Å². The molecule has 1 aromatic carbocycles. The zero-order valence-corrected chi connectivity index (χ0v) is 9.89. The van der Waals surface area contributed by atoms with Gasteiger partial charge >= 0.3 is 0 Å². The fourth-order valence-corrected chi connectivity index (χ4v) is 1.81. The molecule has 0 bridgehead atoms. The fourth-order valence-electron chi connectivity index (χ4n) is 1.81. The zero-order valence-electron chi connectivity index (χ0n) is 9.89. The second-order valence-corrected chi connectivity index (χ2v) is 4.27. The van der Waals surface area contributed by atoms with Crippen molar-refractivity contribution in [1.29, 1.82) is 0 Å². The average molecular weight is 274 g/mol. The smallest absolute Gasteiger partial charge is 0.229 e. The Morgan fingerprint density at radius 3 is 2.26 bits per heavy atom. The third-order valence-electron chi connectivity index (χ3n) is 2.91. The molecule has 0 amide bonds. The van der Waals surface area contributed by atoms with E-state index in [9.17, 15) is 19.7 Å². The summed E-state index contributed by atoms with van der Waals surface area (Å²) in [6.07, 6.45) is -6.72. The minimum absolute atomic E-state index is 0.228. The summed E-state index contributed by atoms with van der Waals surface area (Å²) >= 11 is 0. The van der Waals surface area contributed by atoms with Crippen LogP contribution in [0.4, 0.5) is 4.39 Å². The molecule has 5 atom stereocenters. The molecule has 0 saturated carbocycles. The van der Waals surface area contributed by atoms with E-state index in [1.165, 1.54) is 24.3 Å². The fraction of sp³-hybridized carbons (Fsp3) is 0.500. The summed E-state index contributed by atoms with van der Waals surface area (Å²) in [5.41, 5.74) is 0. The molecule has 1 heterocycles. The molecule has 1 aliphatic rings. The average Bonchev–Trinajstić information content (AvgIpc) is 2.42. The molecule has 0 aliphatic carbocycles. The van der Waals surface area contributed by atoms with Crippen molar-refractivity contribution in [2.24, 2.45) is 0 Å². The molecule has 0 spiro atoms. The summed E-state index contributed by atoms with van der Waals surface area (Å²) in [6, 6.07) is 4.99. The molecule has 7 heteroatoms. The predicted molar refractivity (Wildman–Crippen MR) is 60.8 cm³/mol. The molecular formula is C12H15FO6. The lowest BCUT2D eigenvalue weighted by Gasteiger charge is -2.39. The van der Waals surface area contributed by atoms with Gasteiger partial charge in [0.05, 0.1) is 6.61 Å². The van der Waals surface area contributed by atoms with Gasteiger partial charge in [-0.3, -0.25) is 0 Å². The third kappa shape index (κ3) is 3.02. The summed E-state index contributed by atoms with van der Waals surface area (Å²) in [7, 11) is 0. The van der Waals surface area contributed by atoms with Gasteiger partial charge in [0, 0.05) is 0 Å². The Kier molecular flexibility index (Phi) is 4.33. The number of benzene rings is 1. The van der Waals surface area contributed by atoms with Gasteiger partial charge in [-0.25, -0.2) is 4.39 Å². The highest BCUT2D eigenvalue weighted by Crippen LogP contribution is 2.24. The van der Waals surface area contributed by atoms with Gasteiger partial charge in [0.15, 0.2) is 0 Å². The quantitative estimate of drug-likeness (QED) is 0.564. The largest absolute Gasteiger partial charge is 0.462 e. The number of aliphatic hydroxyl groups excluding tert-OH is 4. The van der Waals surface area contributed by atoms with Crippen LogP contribution in [0.25, 0.3) is 0 Å². The van der Waals surface area contributed by atoms with Gasteiger partial charge in [0.2, 0.25) is 6.29 Å². The topological polar surface area (TPSA) is 99.4 Å². The van der Waals surface area contributed by atoms with Crippen LogP contribution in [0.2, 0.25) is 0 Å². The van der Waals surface area contributed by atoms with Crippen LogP contribution in [0.3, 0.4) is 0 Å². The molecule has 1 aliphatic heterocycles. The van der Waals surface area contributed by atoms with Crippen LogP contribution in [-0.2, 0) is 4.74 Å². The Morgan fingerprint density at radius 2 is 1.68 bits per heavy atom. The van der Waals surface area contributed by atoms with Crippen molar-refractivity contribution in [3.63, 3.8) is 0 Å². The molecule has 1 fully saturated rings. The highest BCUT2D eigenvalue weighted by atomic mass is 19.1. The van der Waals surface area contributed by atoms with Crippen LogP contribution in [0.1, 0.15) is 0 Å². The lowest BCUT2D eigenvalue weighted by atomic mass is 9.99. The first kappa shape index (κ1) is 14.2. The number of halogens is 1. The zero-order chi connectivity index (χ0) is 14.0. The SMILES string of the molecule is OC[C@H]1OC(Oc2ccc(F)cc2)[C@H](O)[C@@H](O)[C@@H]1O. The summed E-state index contributed by atoms with van der Waals surface area (Å²) in [4.78, 5) is 0. The molecule has 0 radical (unpaired) electrons. The van der Waals surface area contributed by atoms with E-state index in [1.807, 2.05) is 0 Å². The van der Waals surface area contributed by atoms with Gasteiger partial charge in [0.1, 0.15) is 36.0 Å². The maximum Gasteiger partial charge on any atom is 0.229 e. The molecule has 0 aromatic heterocycles. The number of hydrogen-bond acceptors (Lipinski definition) is 6. The van der Waals surface area contributed by atoms with E-state index >= 15 is 0 Å². The highest BCUT2D eigenvalue weighted by molar-refractivity contribution is 5.22. The summed E-state index contributed by atoms with van der Waals surface area (Å²) in [6.45, 7) is -0.534. The number of hydrogen-bond donors (Lipinski definition) is 4. The van der Waals surface area contributed by atoms with E-state index in [4.69, 9.17) is 14.6 Å². The summed E-state index contributed by atoms with van der Waals surface area (Å²) < 4.78 is 23.1. The first-order chi connectivity index (χ1) is 9.02. The molecule has 4 N–H and O–H groups in total. The molecular weight excluding hydrogens is 259 g/mol. The molecule has 1 aromatic rings. The minimum Gasteiger partial charge on any atom is -0.462 e. The van der Waals surface area contributed by atoms with Crippen molar-refractivity contribution in [1.82, 2.24) is 0 Å². The highest BCUT2D eigenvalue weighted by Gasteiger charge is 2.44. The molecule has 6 nitrogen and oxygen atoms in total. The lowest BCUT2D eigenvalue weighted by molar-refractivity contribution is -0.277. The Bertz CT molecular complexity index is 409. The Balaban J connectivity index is 2.08. The van der Waals surface area contributed by atoms with E-state index in [2.05, 4.69) is 0 Å². The van der Waals surface area contributed by atoms with Crippen LogP contribution in [0.15, 0.2) is 24.3 Å². The predicted octanol–water partition coefficient (Wildman–Crippen LogP) is -0.996. The van der Waals surface area contributed by atoms with Gasteiger partial charge in [-0.05, 0) is 24.3 Å². The third-order valence-corrected chi connectivity index (χ3v) is 2.91. The van der Waals surface area contributed by atoms with Gasteiger partial charge in [0.25, 0.3) is 0 Å². The van der Waals surface area contributed by atoms with E-state index in [0.29, 0.717) is 0 Å². The number of aliphatic hydroxyl groups is 4. The summed E-state index contributed by atoms with van der Waals surface area (Å²) in [5.74, 6) is -0.216. The Morgan fingerprint density at radius 1 is 1.05 bits per heavy atom. The van der Waals surface area contributed by atoms with Gasteiger partial charge < -0.3 is 29.9 Å². The molecule has 1 saturated heterocycles. The molecule has 1 unspecified atom stereocenters. The van der Waals surface area contributed by atoms with Crippen molar-refractivity contribution in [3.8, 4) is 5.75 Å². The second-order valence-electron chi connectivity index (χ2n) is 4.27. The minimum atomic E-state index is -1.50. The maximum atomic E-state index is 12.7. The van der Waals surface area contributed by atoms with Crippen LogP contribution < -0.4 is 4.74 Å². The first-order valence-electron chi connectivity index (χ1n) is 5.75. The standard InChI is InChI=1S/C12H15FO6/c13-6-1-3-7(4-2-6)18-12-11(17)10(16)9(15)8(5-14)19-12/h1-4,8-12,14-17H,5H2/t8-,9-,10+,11-,12?/m1/s1. The Labute approximate surface area is 108 Å². The molecule has 19 heavy (non-hydrogen) atoms. The van der Waals surface area contributed by atoms with E-state index in [-0.39, 0.29) is 5.75 Å². The normalized spacial score (nSPS) is 35.1. The monoisotopic (exact) mass is 274 g/mol. The van der Waals surface area contributed by atoms with Crippen molar-refractivity contribution in [3.05, 3.63) is 30.1 Å². The van der Waals surface area contributed by atoms with Crippen LogP contribution in [-0.4, -0.2) is 57.7 Å². The first-order valence-corrected chi connectivity index (χ1v) is 5.75. The van der Waals surface area contributed by atoms with Crippen molar-refractivity contribution < 1.29 is 34.3 Å². The van der Waals surface area contributed by atoms with E-state index in [0.717, 1.165) is 0 Å². The van der Waals surface area contributed by atoms with E-state index in [1.54, 1.807) is 0 Å². The second kappa shape index (κ2) is 5.81. The van der Waals surface area contributed by atoms with Crippen LogP contribution in [0.5, 0.6) is 5.75 Å². The lowest BCUT2D eigenvalue weighted by Crippen LogP contribution is -2.60. The maximum absolute atomic E-state index is 12.7. The number of ether oxygens (including phenoxy) is 2. The van der Waals surface area contributed by atoms with Crippen LogP contribution >= 0.6 is 0 Å². The van der Waals surface area contributed by atoms with Crippen molar-refractivity contribution in [2.75, 3.05) is 6.61 Å². The molecule has 2 rings (SSSR count).